The number of halogens is 5. The van der Waals surface area contributed by atoms with Crippen LogP contribution in [0.5, 0.6) is 0 Å². The lowest BCUT2D eigenvalue weighted by atomic mass is 10.1. The Morgan fingerprint density at radius 1 is 1.17 bits per heavy atom. The maximum absolute atomic E-state index is 13.3. The van der Waals surface area contributed by atoms with Crippen molar-refractivity contribution in [1.82, 2.24) is 29.5 Å². The second kappa shape index (κ2) is 6.39. The molecule has 0 fully saturated rings. The molecule has 4 heterocycles. The molecule has 3 aromatic rings. The van der Waals surface area contributed by atoms with Gasteiger partial charge in [-0.05, 0) is 13.3 Å². The van der Waals surface area contributed by atoms with E-state index in [2.05, 4.69) is 30.4 Å². The fourth-order valence-corrected chi connectivity index (χ4v) is 2.88. The average Bonchev–Trinajstić information content (AvgIpc) is 3.23. The van der Waals surface area contributed by atoms with Crippen LogP contribution in [0, 0.1) is 0 Å². The molecule has 0 spiro atoms. The maximum atomic E-state index is 13.3. The molecule has 4 rings (SSSR count). The molecule has 1 N–H and O–H groups in total. The fraction of sp³-hybridized carbons (Fsp3) is 0.375. The van der Waals surface area contributed by atoms with E-state index in [-0.39, 0.29) is 34.6 Å². The summed E-state index contributed by atoms with van der Waals surface area (Å²) in [5, 5.41) is 6.47. The van der Waals surface area contributed by atoms with Crippen molar-refractivity contribution >= 4 is 17.4 Å². The van der Waals surface area contributed by atoms with Gasteiger partial charge in [0.2, 0.25) is 5.91 Å². The number of hydrogen-bond acceptors (Lipinski definition) is 6. The summed E-state index contributed by atoms with van der Waals surface area (Å²) >= 11 is 0. The second-order valence-corrected chi connectivity index (χ2v) is 6.51. The van der Waals surface area contributed by atoms with Gasteiger partial charge in [0.25, 0.3) is 0 Å². The summed E-state index contributed by atoms with van der Waals surface area (Å²) in [6, 6.07) is 0. The molecule has 0 saturated carbocycles. The summed E-state index contributed by atoms with van der Waals surface area (Å²) in [6.07, 6.45) is -3.92. The topological polar surface area (TPSA) is 98.0 Å². The Labute approximate surface area is 159 Å². The number of alkyl halides is 5. The highest BCUT2D eigenvalue weighted by molar-refractivity contribution is 6.01. The molecule has 0 saturated heterocycles. The summed E-state index contributed by atoms with van der Waals surface area (Å²) < 4.78 is 65.3. The van der Waals surface area contributed by atoms with Gasteiger partial charge in [-0.1, -0.05) is 0 Å². The number of rotatable bonds is 4. The van der Waals surface area contributed by atoms with Gasteiger partial charge in [0, 0.05) is 18.2 Å². The van der Waals surface area contributed by atoms with Gasteiger partial charge in [-0.15, -0.1) is 0 Å². The minimum Gasteiger partial charge on any atom is -0.310 e. The molecule has 8 nitrogen and oxygen atoms in total. The van der Waals surface area contributed by atoms with Gasteiger partial charge in [-0.3, -0.25) is 4.79 Å². The number of carbonyl (C=O) groups is 1. The predicted molar refractivity (Wildman–Crippen MR) is 88.2 cm³/mol. The predicted octanol–water partition coefficient (Wildman–Crippen LogP) is 2.77. The Morgan fingerprint density at radius 2 is 1.93 bits per heavy atom. The van der Waals surface area contributed by atoms with E-state index in [9.17, 15) is 26.7 Å². The van der Waals surface area contributed by atoms with Gasteiger partial charge >= 0.3 is 12.1 Å². The van der Waals surface area contributed by atoms with Crippen LogP contribution in [0.25, 0.3) is 17.2 Å². The number of amides is 1. The third-order valence-corrected chi connectivity index (χ3v) is 4.57. The minimum atomic E-state index is -5.66. The standard InChI is InChI=1S/C16H12F5N7O/c1-7-8-4-22-12(26-11(8)27-14(7)29)10-5-28-13(23-6-24-28)9(25-10)2-3-15(17,18)16(19,20)21/h4-7H,2-3H2,1H3,(H,22,26,27,29)/t7-/m1/s1. The quantitative estimate of drug-likeness (QED) is 0.661. The summed E-state index contributed by atoms with van der Waals surface area (Å²) in [5.74, 6) is -5.20. The van der Waals surface area contributed by atoms with Crippen LogP contribution in [0.1, 0.15) is 30.5 Å². The van der Waals surface area contributed by atoms with Crippen molar-refractivity contribution in [3.8, 4) is 11.5 Å². The lowest BCUT2D eigenvalue weighted by Crippen LogP contribution is -2.36. The molecule has 0 bridgehead atoms. The summed E-state index contributed by atoms with van der Waals surface area (Å²) in [7, 11) is 0. The molecule has 1 aliphatic rings. The lowest BCUT2D eigenvalue weighted by Gasteiger charge is -2.19. The van der Waals surface area contributed by atoms with Crippen molar-refractivity contribution in [2.45, 2.75) is 37.8 Å². The average molecular weight is 413 g/mol. The van der Waals surface area contributed by atoms with Crippen LogP contribution in [-0.4, -0.2) is 47.6 Å². The third-order valence-electron chi connectivity index (χ3n) is 4.57. The molecule has 13 heteroatoms. The summed E-state index contributed by atoms with van der Waals surface area (Å²) in [5.41, 5.74) is 0.621. The van der Waals surface area contributed by atoms with Gasteiger partial charge in [0.05, 0.1) is 17.8 Å². The molecule has 29 heavy (non-hydrogen) atoms. The van der Waals surface area contributed by atoms with Gasteiger partial charge in [-0.2, -0.15) is 27.1 Å². The highest BCUT2D eigenvalue weighted by atomic mass is 19.4. The monoisotopic (exact) mass is 413 g/mol. The Morgan fingerprint density at radius 3 is 2.66 bits per heavy atom. The Balaban J connectivity index is 1.71. The van der Waals surface area contributed by atoms with E-state index < -0.39 is 30.9 Å². The number of anilines is 1. The van der Waals surface area contributed by atoms with Gasteiger partial charge < -0.3 is 5.32 Å². The normalized spacial score (nSPS) is 16.9. The van der Waals surface area contributed by atoms with Crippen LogP contribution in [0.3, 0.4) is 0 Å². The van der Waals surface area contributed by atoms with Gasteiger partial charge in [-0.25, -0.2) is 24.5 Å². The van der Waals surface area contributed by atoms with Crippen LogP contribution in [0.15, 0.2) is 18.7 Å². The van der Waals surface area contributed by atoms with E-state index in [0.29, 0.717) is 5.56 Å². The van der Waals surface area contributed by atoms with Crippen molar-refractivity contribution in [3.63, 3.8) is 0 Å². The van der Waals surface area contributed by atoms with E-state index in [0.717, 1.165) is 6.33 Å². The second-order valence-electron chi connectivity index (χ2n) is 6.51. The molecule has 1 atom stereocenters. The summed E-state index contributed by atoms with van der Waals surface area (Å²) in [6.45, 7) is 1.68. The number of aromatic nitrogens is 6. The Kier molecular flexibility index (Phi) is 4.20. The number of aryl methyl sites for hydroxylation is 1. The highest BCUT2D eigenvalue weighted by Gasteiger charge is 2.56. The van der Waals surface area contributed by atoms with E-state index in [1.165, 1.54) is 16.9 Å². The van der Waals surface area contributed by atoms with Crippen molar-refractivity contribution in [1.29, 1.82) is 0 Å². The summed E-state index contributed by atoms with van der Waals surface area (Å²) in [4.78, 5) is 28.1. The van der Waals surface area contributed by atoms with Crippen molar-refractivity contribution in [2.24, 2.45) is 0 Å². The van der Waals surface area contributed by atoms with Crippen molar-refractivity contribution in [2.75, 3.05) is 5.32 Å². The Bertz CT molecular complexity index is 1110. The molecule has 0 radical (unpaired) electrons. The van der Waals surface area contributed by atoms with E-state index >= 15 is 0 Å². The molecule has 0 aromatic carbocycles. The van der Waals surface area contributed by atoms with Crippen LogP contribution >= 0.6 is 0 Å². The van der Waals surface area contributed by atoms with Crippen molar-refractivity contribution < 1.29 is 26.7 Å². The number of carbonyl (C=O) groups excluding carboxylic acids is 1. The zero-order chi connectivity index (χ0) is 21.0. The number of nitrogens with zero attached hydrogens (tertiary/aromatic N) is 6. The first-order chi connectivity index (χ1) is 13.6. The van der Waals surface area contributed by atoms with Crippen LogP contribution in [0.2, 0.25) is 0 Å². The molecule has 0 aliphatic carbocycles. The molecule has 3 aromatic heterocycles. The zero-order valence-electron chi connectivity index (χ0n) is 14.7. The third kappa shape index (κ3) is 3.25. The van der Waals surface area contributed by atoms with E-state index in [1.54, 1.807) is 6.92 Å². The van der Waals surface area contributed by atoms with Crippen molar-refractivity contribution in [3.05, 3.63) is 30.0 Å². The zero-order valence-corrected chi connectivity index (χ0v) is 14.7. The van der Waals surface area contributed by atoms with E-state index in [1.807, 2.05) is 0 Å². The van der Waals surface area contributed by atoms with E-state index in [4.69, 9.17) is 0 Å². The fourth-order valence-electron chi connectivity index (χ4n) is 2.88. The van der Waals surface area contributed by atoms with Crippen LogP contribution in [-0.2, 0) is 11.2 Å². The number of nitrogens with one attached hydrogen (secondary N) is 1. The van der Waals surface area contributed by atoms with Gasteiger partial charge in [0.15, 0.2) is 11.5 Å². The number of fused-ring (bicyclic) bond motifs is 2. The molecular formula is C16H12F5N7O. The molecular weight excluding hydrogens is 401 g/mol. The minimum absolute atomic E-state index is 0.0507. The SMILES string of the molecule is C[C@H]1C(=O)Nc2nc(-c3cn4ncnc4c(CCC(F)(F)C(F)(F)F)n3)ncc21. The first-order valence-electron chi connectivity index (χ1n) is 8.39. The van der Waals surface area contributed by atoms with Crippen LogP contribution in [0.4, 0.5) is 27.8 Å². The molecule has 0 unspecified atom stereocenters. The van der Waals surface area contributed by atoms with Gasteiger partial charge in [0.1, 0.15) is 17.8 Å². The molecule has 152 valence electrons. The lowest BCUT2D eigenvalue weighted by molar-refractivity contribution is -0.284. The van der Waals surface area contributed by atoms with Crippen LogP contribution < -0.4 is 5.32 Å². The maximum Gasteiger partial charge on any atom is 0.453 e. The largest absolute Gasteiger partial charge is 0.453 e. The first-order valence-corrected chi connectivity index (χ1v) is 8.39. The smallest absolute Gasteiger partial charge is 0.310 e. The first kappa shape index (κ1) is 19.1. The molecule has 1 amide bonds. The Hall–Kier alpha value is -3.25. The number of hydrogen-bond donors (Lipinski definition) is 1. The molecule has 1 aliphatic heterocycles. The highest BCUT2D eigenvalue weighted by Crippen LogP contribution is 2.39.